The predicted molar refractivity (Wildman–Crippen MR) is 86.5 cm³/mol. The van der Waals surface area contributed by atoms with E-state index >= 15 is 0 Å². The Morgan fingerprint density at radius 2 is 1.90 bits per heavy atom. The van der Waals surface area contributed by atoms with Gasteiger partial charge in [0.15, 0.2) is 0 Å². The second-order valence-corrected chi connectivity index (χ2v) is 5.79. The second kappa shape index (κ2) is 6.27. The molecule has 4 heteroatoms. The molecular weight excluding hydrogens is 316 g/mol. The Bertz CT molecular complexity index is 626. The van der Waals surface area contributed by atoms with Gasteiger partial charge in [0.2, 0.25) is 0 Å². The van der Waals surface area contributed by atoms with Gasteiger partial charge in [-0.15, -0.1) is 0 Å². The fraction of sp³-hybridized carbons (Fsp3) is 0.312. The molecule has 1 heterocycles. The highest BCUT2D eigenvalue weighted by atomic mass is 79.9. The molecule has 20 heavy (non-hydrogen) atoms. The van der Waals surface area contributed by atoms with Crippen LogP contribution < -0.4 is 10.1 Å². The zero-order chi connectivity index (χ0) is 14.7. The van der Waals surface area contributed by atoms with E-state index in [9.17, 15) is 0 Å². The van der Waals surface area contributed by atoms with E-state index in [-0.39, 0.29) is 0 Å². The molecule has 1 aromatic carbocycles. The van der Waals surface area contributed by atoms with Crippen molar-refractivity contribution in [1.82, 2.24) is 4.98 Å². The molecule has 0 saturated carbocycles. The van der Waals surface area contributed by atoms with Crippen molar-refractivity contribution >= 4 is 21.7 Å². The Labute approximate surface area is 128 Å². The first-order chi connectivity index (χ1) is 9.51. The fourth-order valence-corrected chi connectivity index (χ4v) is 2.40. The number of hydrogen-bond acceptors (Lipinski definition) is 3. The van der Waals surface area contributed by atoms with Crippen molar-refractivity contribution in [3.05, 3.63) is 51.1 Å². The van der Waals surface area contributed by atoms with Gasteiger partial charge >= 0.3 is 0 Å². The van der Waals surface area contributed by atoms with Crippen molar-refractivity contribution in [3.8, 4) is 5.75 Å². The van der Waals surface area contributed by atoms with Gasteiger partial charge in [0, 0.05) is 22.8 Å². The SMILES string of the molecule is COc1cc(C)cc(C)c1CNc1cc(C)c(Br)cn1. The minimum atomic E-state index is 0.698. The number of nitrogens with zero attached hydrogens (tertiary/aromatic N) is 1. The molecule has 1 N–H and O–H groups in total. The number of methoxy groups -OCH3 is 1. The Kier molecular flexibility index (Phi) is 4.65. The van der Waals surface area contributed by atoms with Crippen LogP contribution in [0, 0.1) is 20.8 Å². The Balaban J connectivity index is 2.20. The Morgan fingerprint density at radius 3 is 2.55 bits per heavy atom. The molecule has 1 aromatic heterocycles. The van der Waals surface area contributed by atoms with Crippen LogP contribution in [0.4, 0.5) is 5.82 Å². The summed E-state index contributed by atoms with van der Waals surface area (Å²) in [6, 6.07) is 6.25. The number of halogens is 1. The number of anilines is 1. The normalized spacial score (nSPS) is 10.4. The molecule has 0 amide bonds. The highest BCUT2D eigenvalue weighted by molar-refractivity contribution is 9.10. The summed E-state index contributed by atoms with van der Waals surface area (Å²) in [5, 5.41) is 3.35. The van der Waals surface area contributed by atoms with Gasteiger partial charge in [0.05, 0.1) is 7.11 Å². The smallest absolute Gasteiger partial charge is 0.126 e. The van der Waals surface area contributed by atoms with Crippen molar-refractivity contribution in [2.45, 2.75) is 27.3 Å². The van der Waals surface area contributed by atoms with Crippen LogP contribution in [0.25, 0.3) is 0 Å². The maximum Gasteiger partial charge on any atom is 0.126 e. The largest absolute Gasteiger partial charge is 0.496 e. The van der Waals surface area contributed by atoms with Gasteiger partial charge in [0.25, 0.3) is 0 Å². The molecule has 3 nitrogen and oxygen atoms in total. The standard InChI is InChI=1S/C16H19BrN2O/c1-10-5-11(2)13(15(6-10)20-4)8-18-16-7-12(3)14(17)9-19-16/h5-7,9H,8H2,1-4H3,(H,18,19). The summed E-state index contributed by atoms with van der Waals surface area (Å²) in [4.78, 5) is 4.36. The first-order valence-corrected chi connectivity index (χ1v) is 7.30. The van der Waals surface area contributed by atoms with E-state index in [4.69, 9.17) is 4.74 Å². The van der Waals surface area contributed by atoms with Crippen LogP contribution in [0.3, 0.4) is 0 Å². The Morgan fingerprint density at radius 1 is 1.15 bits per heavy atom. The topological polar surface area (TPSA) is 34.1 Å². The lowest BCUT2D eigenvalue weighted by molar-refractivity contribution is 0.409. The summed E-state index contributed by atoms with van der Waals surface area (Å²) in [7, 11) is 1.71. The van der Waals surface area contributed by atoms with Gasteiger partial charge < -0.3 is 10.1 Å². The van der Waals surface area contributed by atoms with Crippen LogP contribution in [0.5, 0.6) is 5.75 Å². The zero-order valence-corrected chi connectivity index (χ0v) is 13.8. The van der Waals surface area contributed by atoms with Crippen LogP contribution in [-0.2, 0) is 6.54 Å². The summed E-state index contributed by atoms with van der Waals surface area (Å²) in [6.45, 7) is 6.93. The molecular formula is C16H19BrN2O. The first-order valence-electron chi connectivity index (χ1n) is 6.51. The van der Waals surface area contributed by atoms with Crippen molar-refractivity contribution in [3.63, 3.8) is 0 Å². The summed E-state index contributed by atoms with van der Waals surface area (Å²) in [5.41, 5.74) is 4.76. The molecule has 0 atom stereocenters. The maximum absolute atomic E-state index is 5.47. The van der Waals surface area contributed by atoms with Crippen molar-refractivity contribution in [2.24, 2.45) is 0 Å². The van der Waals surface area contributed by atoms with E-state index in [1.165, 1.54) is 16.7 Å². The molecule has 0 radical (unpaired) electrons. The lowest BCUT2D eigenvalue weighted by Gasteiger charge is -2.14. The Hall–Kier alpha value is -1.55. The van der Waals surface area contributed by atoms with Gasteiger partial charge in [-0.1, -0.05) is 6.07 Å². The highest BCUT2D eigenvalue weighted by Crippen LogP contribution is 2.25. The maximum atomic E-state index is 5.47. The third kappa shape index (κ3) is 3.31. The van der Waals surface area contributed by atoms with Crippen LogP contribution in [0.15, 0.2) is 28.9 Å². The number of rotatable bonds is 4. The molecule has 0 bridgehead atoms. The first kappa shape index (κ1) is 14.9. The monoisotopic (exact) mass is 334 g/mol. The van der Waals surface area contributed by atoms with Gasteiger partial charge in [0.1, 0.15) is 11.6 Å². The van der Waals surface area contributed by atoms with E-state index in [0.29, 0.717) is 6.54 Å². The molecule has 0 aliphatic rings. The molecule has 0 fully saturated rings. The quantitative estimate of drug-likeness (QED) is 0.900. The molecule has 0 saturated heterocycles. The number of nitrogens with one attached hydrogen (secondary N) is 1. The number of hydrogen-bond donors (Lipinski definition) is 1. The summed E-state index contributed by atoms with van der Waals surface area (Å²) < 4.78 is 6.49. The molecule has 106 valence electrons. The number of pyridine rings is 1. The average Bonchev–Trinajstić information content (AvgIpc) is 2.40. The van der Waals surface area contributed by atoms with Crippen LogP contribution in [0.2, 0.25) is 0 Å². The molecule has 0 aliphatic carbocycles. The van der Waals surface area contributed by atoms with Crippen LogP contribution in [-0.4, -0.2) is 12.1 Å². The van der Waals surface area contributed by atoms with E-state index in [0.717, 1.165) is 21.6 Å². The minimum absolute atomic E-state index is 0.698. The van der Waals surface area contributed by atoms with Crippen LogP contribution >= 0.6 is 15.9 Å². The van der Waals surface area contributed by atoms with Gasteiger partial charge in [-0.05, 0) is 65.5 Å². The summed E-state index contributed by atoms with van der Waals surface area (Å²) in [6.07, 6.45) is 1.82. The number of aromatic nitrogens is 1. The summed E-state index contributed by atoms with van der Waals surface area (Å²) in [5.74, 6) is 1.79. The van der Waals surface area contributed by atoms with Crippen molar-refractivity contribution in [2.75, 3.05) is 12.4 Å². The van der Waals surface area contributed by atoms with Crippen molar-refractivity contribution < 1.29 is 4.74 Å². The molecule has 2 aromatic rings. The van der Waals surface area contributed by atoms with Crippen LogP contribution in [0.1, 0.15) is 22.3 Å². The van der Waals surface area contributed by atoms with Gasteiger partial charge in [-0.25, -0.2) is 4.98 Å². The van der Waals surface area contributed by atoms with Gasteiger partial charge in [-0.2, -0.15) is 0 Å². The number of ether oxygens (including phenoxy) is 1. The van der Waals surface area contributed by atoms with E-state index in [2.05, 4.69) is 59.1 Å². The average molecular weight is 335 g/mol. The minimum Gasteiger partial charge on any atom is -0.496 e. The predicted octanol–water partition coefficient (Wildman–Crippen LogP) is 4.39. The molecule has 0 aliphatic heterocycles. The summed E-state index contributed by atoms with van der Waals surface area (Å²) >= 11 is 3.46. The molecule has 0 spiro atoms. The number of aryl methyl sites for hydroxylation is 3. The van der Waals surface area contributed by atoms with E-state index in [1.54, 1.807) is 7.11 Å². The molecule has 2 rings (SSSR count). The fourth-order valence-electron chi connectivity index (χ4n) is 2.18. The lowest BCUT2D eigenvalue weighted by Crippen LogP contribution is -2.05. The van der Waals surface area contributed by atoms with Gasteiger partial charge in [-0.3, -0.25) is 0 Å². The van der Waals surface area contributed by atoms with Crippen molar-refractivity contribution in [1.29, 1.82) is 0 Å². The number of benzene rings is 1. The third-order valence-corrected chi connectivity index (χ3v) is 4.12. The van der Waals surface area contributed by atoms with E-state index < -0.39 is 0 Å². The van der Waals surface area contributed by atoms with E-state index in [1.807, 2.05) is 12.3 Å². The lowest BCUT2D eigenvalue weighted by atomic mass is 10.0. The highest BCUT2D eigenvalue weighted by Gasteiger charge is 2.08. The molecule has 0 unspecified atom stereocenters. The third-order valence-electron chi connectivity index (χ3n) is 3.29. The zero-order valence-electron chi connectivity index (χ0n) is 12.2. The second-order valence-electron chi connectivity index (χ2n) is 4.93.